The van der Waals surface area contributed by atoms with Gasteiger partial charge in [0.15, 0.2) is 5.76 Å². The van der Waals surface area contributed by atoms with Crippen molar-refractivity contribution >= 4 is 21.9 Å². The van der Waals surface area contributed by atoms with Gasteiger partial charge in [0.1, 0.15) is 11.3 Å². The fourth-order valence-corrected chi connectivity index (χ4v) is 2.12. The molecule has 20 heavy (non-hydrogen) atoms. The van der Waals surface area contributed by atoms with Crippen LogP contribution < -0.4 is 0 Å². The second-order valence-corrected chi connectivity index (χ2v) is 5.01. The van der Waals surface area contributed by atoms with Gasteiger partial charge in [0, 0.05) is 10.7 Å². The monoisotopic (exact) mass is 332 g/mol. The van der Waals surface area contributed by atoms with Crippen LogP contribution >= 0.6 is 15.9 Å². The molecule has 0 amide bonds. The van der Waals surface area contributed by atoms with Gasteiger partial charge in [0.05, 0.1) is 12.0 Å². The van der Waals surface area contributed by atoms with Crippen molar-refractivity contribution in [3.63, 3.8) is 0 Å². The molecule has 0 radical (unpaired) electrons. The van der Waals surface area contributed by atoms with Crippen LogP contribution in [0.1, 0.15) is 10.4 Å². The molecule has 5 nitrogen and oxygen atoms in total. The van der Waals surface area contributed by atoms with Gasteiger partial charge in [-0.25, -0.2) is 9.48 Å². The number of carbonyl (C=O) groups is 1. The van der Waals surface area contributed by atoms with Crippen molar-refractivity contribution in [1.29, 1.82) is 0 Å². The lowest BCUT2D eigenvalue weighted by atomic mass is 10.2. The molecule has 0 unspecified atom stereocenters. The highest BCUT2D eigenvalue weighted by Gasteiger charge is 2.19. The molecule has 1 aromatic carbocycles. The molecular formula is C14H9BrN2O3. The Kier molecular flexibility index (Phi) is 3.15. The highest BCUT2D eigenvalue weighted by atomic mass is 79.9. The zero-order valence-electron chi connectivity index (χ0n) is 10.2. The lowest BCUT2D eigenvalue weighted by molar-refractivity contribution is 0.0697. The van der Waals surface area contributed by atoms with Gasteiger partial charge < -0.3 is 9.52 Å². The Bertz CT molecular complexity index is 745. The van der Waals surface area contributed by atoms with Crippen LogP contribution in [0.3, 0.4) is 0 Å². The van der Waals surface area contributed by atoms with Crippen LogP contribution in [0.25, 0.3) is 17.1 Å². The summed E-state index contributed by atoms with van der Waals surface area (Å²) in [7, 11) is 0. The smallest absolute Gasteiger partial charge is 0.339 e. The fourth-order valence-electron chi connectivity index (χ4n) is 1.85. The molecule has 0 aliphatic carbocycles. The van der Waals surface area contributed by atoms with Crippen LogP contribution in [-0.4, -0.2) is 20.9 Å². The second-order valence-electron chi connectivity index (χ2n) is 4.09. The van der Waals surface area contributed by atoms with Crippen LogP contribution in [0, 0.1) is 0 Å². The molecule has 2 aromatic heterocycles. The van der Waals surface area contributed by atoms with E-state index in [0.29, 0.717) is 11.5 Å². The molecule has 3 rings (SSSR count). The molecule has 0 spiro atoms. The van der Waals surface area contributed by atoms with Crippen molar-refractivity contribution in [3.8, 4) is 17.1 Å². The maximum atomic E-state index is 11.3. The number of furan rings is 1. The molecule has 0 aliphatic rings. The maximum Gasteiger partial charge on any atom is 0.339 e. The number of hydrogen-bond donors (Lipinski definition) is 1. The van der Waals surface area contributed by atoms with Gasteiger partial charge in [-0.1, -0.05) is 15.9 Å². The largest absolute Gasteiger partial charge is 0.478 e. The highest BCUT2D eigenvalue weighted by molar-refractivity contribution is 9.10. The number of benzene rings is 1. The molecule has 2 heterocycles. The molecule has 100 valence electrons. The van der Waals surface area contributed by atoms with E-state index in [1.807, 2.05) is 24.3 Å². The number of carboxylic acids is 1. The number of hydrogen-bond acceptors (Lipinski definition) is 3. The summed E-state index contributed by atoms with van der Waals surface area (Å²) in [6.07, 6.45) is 2.96. The summed E-state index contributed by atoms with van der Waals surface area (Å²) in [5.41, 5.74) is 1.18. The number of halogens is 1. The normalized spacial score (nSPS) is 10.7. The van der Waals surface area contributed by atoms with E-state index in [-0.39, 0.29) is 5.56 Å². The summed E-state index contributed by atoms with van der Waals surface area (Å²) in [5.74, 6) is -0.613. The minimum Gasteiger partial charge on any atom is -0.478 e. The van der Waals surface area contributed by atoms with E-state index in [2.05, 4.69) is 21.0 Å². The highest BCUT2D eigenvalue weighted by Crippen LogP contribution is 2.24. The number of nitrogens with zero attached hydrogens (tertiary/aromatic N) is 2. The van der Waals surface area contributed by atoms with Gasteiger partial charge in [-0.2, -0.15) is 5.10 Å². The summed E-state index contributed by atoms with van der Waals surface area (Å²) >= 11 is 3.35. The Balaban J connectivity index is 2.12. The summed E-state index contributed by atoms with van der Waals surface area (Å²) in [6, 6.07) is 10.8. The van der Waals surface area contributed by atoms with E-state index in [1.165, 1.54) is 17.1 Å². The average Bonchev–Trinajstić information content (AvgIpc) is 3.08. The van der Waals surface area contributed by atoms with Crippen molar-refractivity contribution in [1.82, 2.24) is 9.78 Å². The van der Waals surface area contributed by atoms with E-state index in [9.17, 15) is 9.90 Å². The van der Waals surface area contributed by atoms with Gasteiger partial charge in [0.2, 0.25) is 0 Å². The molecule has 1 N–H and O–H groups in total. The van der Waals surface area contributed by atoms with Gasteiger partial charge in [-0.05, 0) is 36.4 Å². The molecule has 0 saturated heterocycles. The average molecular weight is 333 g/mol. The number of aromatic nitrogens is 2. The van der Waals surface area contributed by atoms with Crippen molar-refractivity contribution in [3.05, 3.63) is 58.9 Å². The minimum absolute atomic E-state index is 0.0999. The molecule has 0 saturated carbocycles. The Hall–Kier alpha value is -2.34. The topological polar surface area (TPSA) is 68.3 Å². The first kappa shape index (κ1) is 12.7. The number of aromatic carboxylic acids is 1. The SMILES string of the molecule is O=C(O)c1cn(-c2ccc(Br)cc2)nc1-c1ccco1. The predicted molar refractivity (Wildman–Crippen MR) is 75.9 cm³/mol. The maximum absolute atomic E-state index is 11.3. The third-order valence-corrected chi connectivity index (χ3v) is 3.32. The van der Waals surface area contributed by atoms with E-state index in [1.54, 1.807) is 12.1 Å². The first-order valence-corrected chi connectivity index (χ1v) is 6.57. The van der Waals surface area contributed by atoms with Gasteiger partial charge >= 0.3 is 5.97 Å². The lowest BCUT2D eigenvalue weighted by Gasteiger charge is -2.00. The van der Waals surface area contributed by atoms with Crippen molar-refractivity contribution in [2.24, 2.45) is 0 Å². The van der Waals surface area contributed by atoms with Gasteiger partial charge in [0.25, 0.3) is 0 Å². The Morgan fingerprint density at radius 3 is 2.60 bits per heavy atom. The molecule has 0 aliphatic heterocycles. The minimum atomic E-state index is -1.04. The summed E-state index contributed by atoms with van der Waals surface area (Å²) in [5, 5.41) is 13.6. The lowest BCUT2D eigenvalue weighted by Crippen LogP contribution is -1.96. The third-order valence-electron chi connectivity index (χ3n) is 2.79. The number of carboxylic acid groups (broad SMARTS) is 1. The summed E-state index contributed by atoms with van der Waals surface area (Å²) < 4.78 is 7.70. The zero-order chi connectivity index (χ0) is 14.1. The Morgan fingerprint density at radius 2 is 2.00 bits per heavy atom. The molecule has 6 heteroatoms. The molecule has 0 fully saturated rings. The Morgan fingerprint density at radius 1 is 1.25 bits per heavy atom. The molecule has 0 bridgehead atoms. The molecule has 0 atom stereocenters. The predicted octanol–water partition coefficient (Wildman–Crippen LogP) is 3.59. The first-order chi connectivity index (χ1) is 9.65. The zero-order valence-corrected chi connectivity index (χ0v) is 11.7. The fraction of sp³-hybridized carbons (Fsp3) is 0. The van der Waals surface area contributed by atoms with Crippen molar-refractivity contribution in [2.45, 2.75) is 0 Å². The Labute approximate surface area is 122 Å². The quantitative estimate of drug-likeness (QED) is 0.795. The van der Waals surface area contributed by atoms with E-state index in [4.69, 9.17) is 4.42 Å². The molecule has 3 aromatic rings. The second kappa shape index (κ2) is 4.97. The van der Waals surface area contributed by atoms with Crippen LogP contribution in [0.2, 0.25) is 0 Å². The van der Waals surface area contributed by atoms with Crippen LogP contribution in [-0.2, 0) is 0 Å². The van der Waals surface area contributed by atoms with Crippen molar-refractivity contribution < 1.29 is 14.3 Å². The molecular weight excluding hydrogens is 324 g/mol. The van der Waals surface area contributed by atoms with Gasteiger partial charge in [-0.3, -0.25) is 0 Å². The summed E-state index contributed by atoms with van der Waals surface area (Å²) in [6.45, 7) is 0. The van der Waals surface area contributed by atoms with E-state index < -0.39 is 5.97 Å². The standard InChI is InChI=1S/C14H9BrN2O3/c15-9-3-5-10(6-4-9)17-8-11(14(18)19)13(16-17)12-2-1-7-20-12/h1-8H,(H,18,19). The van der Waals surface area contributed by atoms with Gasteiger partial charge in [-0.15, -0.1) is 0 Å². The number of rotatable bonds is 3. The first-order valence-electron chi connectivity index (χ1n) is 5.78. The van der Waals surface area contributed by atoms with E-state index in [0.717, 1.165) is 10.2 Å². The van der Waals surface area contributed by atoms with Crippen LogP contribution in [0.4, 0.5) is 0 Å². The van der Waals surface area contributed by atoms with Crippen LogP contribution in [0.5, 0.6) is 0 Å². The van der Waals surface area contributed by atoms with Crippen molar-refractivity contribution in [2.75, 3.05) is 0 Å². The summed E-state index contributed by atoms with van der Waals surface area (Å²) in [4.78, 5) is 11.3. The van der Waals surface area contributed by atoms with E-state index >= 15 is 0 Å². The van der Waals surface area contributed by atoms with Crippen LogP contribution in [0.15, 0.2) is 57.7 Å². The third kappa shape index (κ3) is 2.25.